The van der Waals surface area contributed by atoms with Crippen molar-refractivity contribution >= 4 is 31.9 Å². The molecule has 0 saturated heterocycles. The Morgan fingerprint density at radius 1 is 1.15 bits per heavy atom. The van der Waals surface area contributed by atoms with E-state index in [1.165, 1.54) is 27.4 Å². The number of halogens is 2. The maximum Gasteiger partial charge on any atom is 0.0277 e. The molecular formula is C11H12Br2. The van der Waals surface area contributed by atoms with Gasteiger partial charge in [-0.25, -0.2) is 0 Å². The van der Waals surface area contributed by atoms with Gasteiger partial charge in [0.15, 0.2) is 0 Å². The molecule has 0 aromatic carbocycles. The van der Waals surface area contributed by atoms with Crippen LogP contribution in [0.25, 0.3) is 0 Å². The molecule has 2 aliphatic rings. The minimum absolute atomic E-state index is 0.678. The summed E-state index contributed by atoms with van der Waals surface area (Å²) in [5.41, 5.74) is 1.41. The maximum absolute atomic E-state index is 4.07. The summed E-state index contributed by atoms with van der Waals surface area (Å²) in [5, 5.41) is 0. The van der Waals surface area contributed by atoms with Gasteiger partial charge in [-0.05, 0) is 63.0 Å². The Morgan fingerprint density at radius 2 is 1.77 bits per heavy atom. The highest BCUT2D eigenvalue weighted by Crippen LogP contribution is 2.42. The molecule has 2 unspecified atom stereocenters. The highest BCUT2D eigenvalue weighted by Gasteiger charge is 2.27. The molecule has 0 aromatic rings. The zero-order chi connectivity index (χ0) is 9.42. The average molecular weight is 304 g/mol. The summed E-state index contributed by atoms with van der Waals surface area (Å²) in [7, 11) is 0. The lowest BCUT2D eigenvalue weighted by Crippen LogP contribution is -2.19. The molecule has 2 heteroatoms. The standard InChI is InChI=1S/C11H12Br2/c1-7-2-3-8-5-10(12)11(13)6-9(8)4-7/h5-6,8-9H,1-4H2. The lowest BCUT2D eigenvalue weighted by atomic mass is 9.75. The molecule has 0 bridgehead atoms. The predicted octanol–water partition coefficient (Wildman–Crippen LogP) is 4.53. The van der Waals surface area contributed by atoms with E-state index in [0.717, 1.165) is 12.3 Å². The van der Waals surface area contributed by atoms with Crippen molar-refractivity contribution in [2.45, 2.75) is 19.3 Å². The topological polar surface area (TPSA) is 0 Å². The molecule has 0 heterocycles. The lowest BCUT2D eigenvalue weighted by Gasteiger charge is -2.31. The van der Waals surface area contributed by atoms with Gasteiger partial charge in [-0.2, -0.15) is 0 Å². The number of hydrogen-bond acceptors (Lipinski definition) is 0. The van der Waals surface area contributed by atoms with E-state index < -0.39 is 0 Å². The molecule has 2 aliphatic carbocycles. The van der Waals surface area contributed by atoms with E-state index in [-0.39, 0.29) is 0 Å². The Labute approximate surface area is 96.0 Å². The molecule has 0 N–H and O–H groups in total. The van der Waals surface area contributed by atoms with E-state index in [1.807, 2.05) is 0 Å². The van der Waals surface area contributed by atoms with Gasteiger partial charge in [-0.3, -0.25) is 0 Å². The van der Waals surface area contributed by atoms with Gasteiger partial charge in [0.1, 0.15) is 0 Å². The molecular weight excluding hydrogens is 292 g/mol. The fourth-order valence-electron chi connectivity index (χ4n) is 2.10. The molecule has 0 nitrogen and oxygen atoms in total. The normalized spacial score (nSPS) is 33.5. The van der Waals surface area contributed by atoms with E-state index in [2.05, 4.69) is 50.6 Å². The summed E-state index contributed by atoms with van der Waals surface area (Å²) in [6.45, 7) is 4.07. The Hall–Kier alpha value is 0.180. The number of rotatable bonds is 0. The summed E-state index contributed by atoms with van der Waals surface area (Å²) < 4.78 is 2.41. The molecule has 70 valence electrons. The average Bonchev–Trinajstić information content (AvgIpc) is 2.08. The second kappa shape index (κ2) is 3.74. The molecule has 0 aromatic heterocycles. The summed E-state index contributed by atoms with van der Waals surface area (Å²) in [4.78, 5) is 0. The molecule has 1 fully saturated rings. The van der Waals surface area contributed by atoms with Crippen LogP contribution in [0.1, 0.15) is 19.3 Å². The smallest absolute Gasteiger partial charge is 0.0277 e. The van der Waals surface area contributed by atoms with E-state index in [9.17, 15) is 0 Å². The summed E-state index contributed by atoms with van der Waals surface area (Å²) >= 11 is 7.11. The molecule has 1 saturated carbocycles. The number of allylic oxidation sites excluding steroid dienone is 5. The SMILES string of the molecule is C=C1CCC2C=C(Br)C(Br)=CC2C1. The van der Waals surface area contributed by atoms with E-state index in [1.54, 1.807) is 0 Å². The van der Waals surface area contributed by atoms with Gasteiger partial charge in [-0.1, -0.05) is 24.3 Å². The Bertz CT molecular complexity index is 299. The van der Waals surface area contributed by atoms with Gasteiger partial charge in [0, 0.05) is 8.96 Å². The third-order valence-electron chi connectivity index (χ3n) is 2.85. The fourth-order valence-corrected chi connectivity index (χ4v) is 3.04. The molecule has 0 amide bonds. The largest absolute Gasteiger partial charge is 0.0998 e. The maximum atomic E-state index is 4.07. The van der Waals surface area contributed by atoms with Crippen LogP contribution >= 0.6 is 31.9 Å². The summed E-state index contributed by atoms with van der Waals surface area (Å²) in [6.07, 6.45) is 8.27. The van der Waals surface area contributed by atoms with Crippen molar-refractivity contribution in [2.75, 3.05) is 0 Å². The van der Waals surface area contributed by atoms with Crippen LogP contribution in [0, 0.1) is 11.8 Å². The van der Waals surface area contributed by atoms with Gasteiger partial charge in [0.05, 0.1) is 0 Å². The van der Waals surface area contributed by atoms with Crippen molar-refractivity contribution < 1.29 is 0 Å². The van der Waals surface area contributed by atoms with Gasteiger partial charge in [0.2, 0.25) is 0 Å². The first-order valence-electron chi connectivity index (χ1n) is 4.58. The summed E-state index contributed by atoms with van der Waals surface area (Å²) in [6, 6.07) is 0. The molecule has 2 atom stereocenters. The first kappa shape index (κ1) is 9.72. The minimum atomic E-state index is 0.678. The first-order valence-corrected chi connectivity index (χ1v) is 6.17. The third kappa shape index (κ3) is 1.99. The highest BCUT2D eigenvalue weighted by atomic mass is 79.9. The molecule has 0 radical (unpaired) electrons. The van der Waals surface area contributed by atoms with Crippen molar-refractivity contribution in [1.29, 1.82) is 0 Å². The van der Waals surface area contributed by atoms with Crippen LogP contribution in [-0.4, -0.2) is 0 Å². The van der Waals surface area contributed by atoms with Gasteiger partial charge in [-0.15, -0.1) is 0 Å². The monoisotopic (exact) mass is 302 g/mol. The van der Waals surface area contributed by atoms with Crippen LogP contribution in [0.3, 0.4) is 0 Å². The molecule has 2 rings (SSSR count). The molecule has 0 spiro atoms. The lowest BCUT2D eigenvalue weighted by molar-refractivity contribution is 0.390. The van der Waals surface area contributed by atoms with Crippen molar-refractivity contribution in [3.8, 4) is 0 Å². The summed E-state index contributed by atoms with van der Waals surface area (Å²) in [5.74, 6) is 1.40. The van der Waals surface area contributed by atoms with Gasteiger partial charge >= 0.3 is 0 Å². The van der Waals surface area contributed by atoms with Gasteiger partial charge < -0.3 is 0 Å². The Morgan fingerprint density at radius 3 is 2.46 bits per heavy atom. The molecule has 13 heavy (non-hydrogen) atoms. The highest BCUT2D eigenvalue weighted by molar-refractivity contribution is 9.15. The Balaban J connectivity index is 2.21. The van der Waals surface area contributed by atoms with Crippen LogP contribution in [0.5, 0.6) is 0 Å². The van der Waals surface area contributed by atoms with Gasteiger partial charge in [0.25, 0.3) is 0 Å². The van der Waals surface area contributed by atoms with Crippen molar-refractivity contribution in [1.82, 2.24) is 0 Å². The zero-order valence-corrected chi connectivity index (χ0v) is 10.6. The number of hydrogen-bond donors (Lipinski definition) is 0. The van der Waals surface area contributed by atoms with Crippen LogP contribution in [0.4, 0.5) is 0 Å². The molecule has 0 aliphatic heterocycles. The first-order chi connectivity index (χ1) is 6.16. The van der Waals surface area contributed by atoms with E-state index >= 15 is 0 Å². The van der Waals surface area contributed by atoms with Crippen molar-refractivity contribution in [3.05, 3.63) is 33.3 Å². The second-order valence-corrected chi connectivity index (χ2v) is 5.56. The van der Waals surface area contributed by atoms with Crippen molar-refractivity contribution in [2.24, 2.45) is 11.8 Å². The Kier molecular flexibility index (Phi) is 2.80. The van der Waals surface area contributed by atoms with E-state index in [0.29, 0.717) is 5.92 Å². The zero-order valence-electron chi connectivity index (χ0n) is 7.39. The van der Waals surface area contributed by atoms with Crippen LogP contribution < -0.4 is 0 Å². The fraction of sp³-hybridized carbons (Fsp3) is 0.455. The van der Waals surface area contributed by atoms with Crippen molar-refractivity contribution in [3.63, 3.8) is 0 Å². The predicted molar refractivity (Wildman–Crippen MR) is 64.0 cm³/mol. The quantitative estimate of drug-likeness (QED) is 0.577. The van der Waals surface area contributed by atoms with Crippen LogP contribution in [0.2, 0.25) is 0 Å². The minimum Gasteiger partial charge on any atom is -0.0998 e. The third-order valence-corrected chi connectivity index (χ3v) is 4.77. The second-order valence-electron chi connectivity index (χ2n) is 3.85. The number of fused-ring (bicyclic) bond motifs is 1. The van der Waals surface area contributed by atoms with E-state index in [4.69, 9.17) is 0 Å². The van der Waals surface area contributed by atoms with Crippen LogP contribution in [0.15, 0.2) is 33.3 Å². The van der Waals surface area contributed by atoms with Crippen LogP contribution in [-0.2, 0) is 0 Å².